The van der Waals surface area contributed by atoms with E-state index in [0.717, 1.165) is 37.5 Å². The summed E-state index contributed by atoms with van der Waals surface area (Å²) in [6, 6.07) is 3.78. The number of rotatable bonds is 7. The average Bonchev–Trinajstić information content (AvgIpc) is 3.13. The summed E-state index contributed by atoms with van der Waals surface area (Å²) in [5, 5.41) is 16.6. The molecule has 1 fully saturated rings. The Labute approximate surface area is 165 Å². The molecule has 8 heteroatoms. The zero-order valence-corrected chi connectivity index (χ0v) is 16.5. The number of hydrogen-bond acceptors (Lipinski definition) is 5. The van der Waals surface area contributed by atoms with Crippen LogP contribution < -0.4 is 20.1 Å². The molecule has 3 rings (SSSR count). The van der Waals surface area contributed by atoms with Crippen LogP contribution in [0.3, 0.4) is 0 Å². The van der Waals surface area contributed by atoms with Crippen LogP contribution >= 0.6 is 11.6 Å². The summed E-state index contributed by atoms with van der Waals surface area (Å²) in [6.07, 6.45) is 1.66. The Balaban J connectivity index is 1.66. The Morgan fingerprint density at radius 2 is 2.11 bits per heavy atom. The van der Waals surface area contributed by atoms with E-state index in [2.05, 4.69) is 15.6 Å². The summed E-state index contributed by atoms with van der Waals surface area (Å²) in [6.45, 7) is 6.57. The van der Waals surface area contributed by atoms with Gasteiger partial charge in [0.25, 0.3) is 0 Å². The van der Waals surface area contributed by atoms with E-state index >= 15 is 0 Å². The average molecular weight is 398 g/mol. The van der Waals surface area contributed by atoms with Gasteiger partial charge < -0.3 is 30.0 Å². The van der Waals surface area contributed by atoms with Crippen molar-refractivity contribution < 1.29 is 19.3 Å². The van der Waals surface area contributed by atoms with Crippen LogP contribution in [0.25, 0.3) is 0 Å². The fourth-order valence-corrected chi connectivity index (χ4v) is 3.64. The van der Waals surface area contributed by atoms with Gasteiger partial charge in [0.2, 0.25) is 0 Å². The normalized spacial score (nSPS) is 22.0. The molecular formula is C19H28ClN3O4. The molecule has 0 bridgehead atoms. The lowest BCUT2D eigenvalue weighted by atomic mass is 9.84. The maximum Gasteiger partial charge on any atom is 0.191 e. The summed E-state index contributed by atoms with van der Waals surface area (Å²) < 4.78 is 16.7. The van der Waals surface area contributed by atoms with Crippen LogP contribution in [0.15, 0.2) is 17.1 Å². The number of nitrogens with zero attached hydrogens (tertiary/aromatic N) is 1. The predicted octanol–water partition coefficient (Wildman–Crippen LogP) is 1.96. The number of halogens is 1. The number of nitrogens with one attached hydrogen (secondary N) is 2. The predicted molar refractivity (Wildman–Crippen MR) is 105 cm³/mol. The molecule has 0 spiro atoms. The summed E-state index contributed by atoms with van der Waals surface area (Å²) in [5.41, 5.74) is 0.918. The molecule has 0 saturated carbocycles. The number of aliphatic hydroxyl groups excluding tert-OH is 1. The lowest BCUT2D eigenvalue weighted by molar-refractivity contribution is 0.127. The standard InChI is InChI=1S/C19H28ClN3O4/c1-2-21-18(23-12-19(3-5-24)4-6-25-13-19)22-11-14-9-15(20)17-16(10-14)26-7-8-27-17/h9-10,24H,2-8,11-13H2,1H3,(H2,21,22,23). The van der Waals surface area contributed by atoms with E-state index in [0.29, 0.717) is 49.4 Å². The third kappa shape index (κ3) is 5.18. The number of ether oxygens (including phenoxy) is 3. The van der Waals surface area contributed by atoms with Crippen molar-refractivity contribution in [2.24, 2.45) is 10.4 Å². The minimum absolute atomic E-state index is 0.0365. The highest BCUT2D eigenvalue weighted by molar-refractivity contribution is 6.32. The van der Waals surface area contributed by atoms with E-state index in [1.807, 2.05) is 19.1 Å². The highest BCUT2D eigenvalue weighted by Crippen LogP contribution is 2.38. The van der Waals surface area contributed by atoms with Crippen molar-refractivity contribution in [3.63, 3.8) is 0 Å². The molecule has 150 valence electrons. The van der Waals surface area contributed by atoms with Gasteiger partial charge in [0.15, 0.2) is 17.5 Å². The van der Waals surface area contributed by atoms with Gasteiger partial charge in [-0.05, 0) is 37.5 Å². The first-order valence-corrected chi connectivity index (χ1v) is 9.82. The Hall–Kier alpha value is -1.70. The molecule has 2 heterocycles. The van der Waals surface area contributed by atoms with Gasteiger partial charge in [-0.1, -0.05) is 11.6 Å². The molecule has 0 aliphatic carbocycles. The lowest BCUT2D eigenvalue weighted by Gasteiger charge is -2.27. The van der Waals surface area contributed by atoms with Gasteiger partial charge in [0.05, 0.1) is 18.2 Å². The maximum atomic E-state index is 9.37. The highest BCUT2D eigenvalue weighted by atomic mass is 35.5. The van der Waals surface area contributed by atoms with E-state index in [-0.39, 0.29) is 12.0 Å². The number of aliphatic hydroxyl groups is 1. The van der Waals surface area contributed by atoms with Crippen molar-refractivity contribution in [3.8, 4) is 11.5 Å². The van der Waals surface area contributed by atoms with E-state index < -0.39 is 0 Å². The number of benzene rings is 1. The van der Waals surface area contributed by atoms with Gasteiger partial charge in [-0.25, -0.2) is 4.99 Å². The van der Waals surface area contributed by atoms with Crippen LogP contribution in [0, 0.1) is 5.41 Å². The first-order valence-electron chi connectivity index (χ1n) is 9.44. The molecule has 7 nitrogen and oxygen atoms in total. The third-order valence-corrected chi connectivity index (χ3v) is 5.16. The first kappa shape index (κ1) is 20.0. The van der Waals surface area contributed by atoms with Crippen molar-refractivity contribution in [3.05, 3.63) is 22.7 Å². The molecule has 27 heavy (non-hydrogen) atoms. The quantitative estimate of drug-likeness (QED) is 0.482. The third-order valence-electron chi connectivity index (χ3n) is 4.88. The Morgan fingerprint density at radius 1 is 1.26 bits per heavy atom. The SMILES string of the molecule is CCNC(=NCc1cc(Cl)c2c(c1)OCCO2)NCC1(CCO)CCOC1. The van der Waals surface area contributed by atoms with Crippen LogP contribution in [0.2, 0.25) is 5.02 Å². The Bertz CT molecular complexity index is 663. The molecule has 2 aliphatic heterocycles. The zero-order valence-electron chi connectivity index (χ0n) is 15.7. The monoisotopic (exact) mass is 397 g/mol. The summed E-state index contributed by atoms with van der Waals surface area (Å²) in [5.74, 6) is 2.00. The summed E-state index contributed by atoms with van der Waals surface area (Å²) in [7, 11) is 0. The molecule has 1 atom stereocenters. The molecule has 3 N–H and O–H groups in total. The van der Waals surface area contributed by atoms with Crippen LogP contribution in [-0.2, 0) is 11.3 Å². The first-order chi connectivity index (χ1) is 13.2. The molecule has 1 aromatic rings. The van der Waals surface area contributed by atoms with Gasteiger partial charge in [0, 0.05) is 31.7 Å². The maximum absolute atomic E-state index is 9.37. The van der Waals surface area contributed by atoms with E-state index in [1.165, 1.54) is 0 Å². The van der Waals surface area contributed by atoms with E-state index in [9.17, 15) is 5.11 Å². The highest BCUT2D eigenvalue weighted by Gasteiger charge is 2.34. The lowest BCUT2D eigenvalue weighted by Crippen LogP contribution is -2.44. The molecule has 1 saturated heterocycles. The molecule has 1 unspecified atom stereocenters. The topological polar surface area (TPSA) is 84.3 Å². The second kappa shape index (κ2) is 9.48. The number of guanidine groups is 1. The zero-order chi connectivity index (χ0) is 19.1. The Morgan fingerprint density at radius 3 is 2.85 bits per heavy atom. The van der Waals surface area contributed by atoms with Crippen molar-refractivity contribution in [1.82, 2.24) is 10.6 Å². The number of hydrogen-bond donors (Lipinski definition) is 3. The molecule has 0 radical (unpaired) electrons. The van der Waals surface area contributed by atoms with Gasteiger partial charge in [-0.3, -0.25) is 0 Å². The van der Waals surface area contributed by atoms with Crippen molar-refractivity contribution in [1.29, 1.82) is 0 Å². The van der Waals surface area contributed by atoms with Crippen LogP contribution in [0.4, 0.5) is 0 Å². The van der Waals surface area contributed by atoms with Gasteiger partial charge in [-0.2, -0.15) is 0 Å². The van der Waals surface area contributed by atoms with E-state index in [4.69, 9.17) is 25.8 Å². The largest absolute Gasteiger partial charge is 0.486 e. The van der Waals surface area contributed by atoms with E-state index in [1.54, 1.807) is 0 Å². The molecule has 0 amide bonds. The molecule has 0 aromatic heterocycles. The van der Waals surface area contributed by atoms with Crippen molar-refractivity contribution >= 4 is 17.6 Å². The van der Waals surface area contributed by atoms with Crippen LogP contribution in [0.1, 0.15) is 25.3 Å². The van der Waals surface area contributed by atoms with Gasteiger partial charge in [-0.15, -0.1) is 0 Å². The summed E-state index contributed by atoms with van der Waals surface area (Å²) in [4.78, 5) is 4.66. The smallest absolute Gasteiger partial charge is 0.191 e. The molecule has 1 aromatic carbocycles. The van der Waals surface area contributed by atoms with Crippen LogP contribution in [0.5, 0.6) is 11.5 Å². The second-order valence-corrected chi connectivity index (χ2v) is 7.33. The van der Waals surface area contributed by atoms with Gasteiger partial charge >= 0.3 is 0 Å². The van der Waals surface area contributed by atoms with Gasteiger partial charge in [0.1, 0.15) is 13.2 Å². The Kier molecular flexibility index (Phi) is 7.04. The summed E-state index contributed by atoms with van der Waals surface area (Å²) >= 11 is 6.30. The second-order valence-electron chi connectivity index (χ2n) is 6.93. The minimum Gasteiger partial charge on any atom is -0.486 e. The number of aliphatic imine (C=N–C) groups is 1. The van der Waals surface area contributed by atoms with Crippen molar-refractivity contribution in [2.75, 3.05) is 46.1 Å². The molecule has 2 aliphatic rings. The van der Waals surface area contributed by atoms with Crippen molar-refractivity contribution in [2.45, 2.75) is 26.3 Å². The molecular weight excluding hydrogens is 370 g/mol. The van der Waals surface area contributed by atoms with Crippen LogP contribution in [-0.4, -0.2) is 57.2 Å². The fraction of sp³-hybridized carbons (Fsp3) is 0.632. The fourth-order valence-electron chi connectivity index (χ4n) is 3.35. The number of fused-ring (bicyclic) bond motifs is 1. The minimum atomic E-state index is -0.0365.